The Bertz CT molecular complexity index is 1710. The van der Waals surface area contributed by atoms with E-state index >= 15 is 0 Å². The van der Waals surface area contributed by atoms with E-state index < -0.39 is 13.2 Å². The fourth-order valence-electron chi connectivity index (χ4n) is 6.12. The predicted octanol–water partition coefficient (Wildman–Crippen LogP) is 2.92. The zero-order valence-electron chi connectivity index (χ0n) is 24.7. The maximum Gasteiger partial charge on any atom is 0.376 e. The molecule has 1 fully saturated rings. The fourth-order valence-corrected chi connectivity index (χ4v) is 6.12. The molecule has 1 amide bonds. The highest BCUT2D eigenvalue weighted by Gasteiger charge is 2.36. The van der Waals surface area contributed by atoms with E-state index in [1.54, 1.807) is 19.1 Å². The molecule has 2 aromatic heterocycles. The quantitative estimate of drug-likeness (QED) is 0.189. The molecule has 0 spiro atoms. The molecule has 5 N–H and O–H groups in total. The van der Waals surface area contributed by atoms with Crippen molar-refractivity contribution in [1.82, 2.24) is 24.7 Å². The molecule has 11 nitrogen and oxygen atoms in total. The van der Waals surface area contributed by atoms with E-state index in [1.807, 2.05) is 53.9 Å². The van der Waals surface area contributed by atoms with Crippen LogP contribution < -0.4 is 15.6 Å². The van der Waals surface area contributed by atoms with Crippen molar-refractivity contribution in [3.63, 3.8) is 0 Å². The van der Waals surface area contributed by atoms with Crippen LogP contribution in [0, 0.1) is 13.8 Å². The van der Waals surface area contributed by atoms with Crippen LogP contribution in [0.4, 0.5) is 5.69 Å². The largest absolute Gasteiger partial charge is 0.491 e. The lowest BCUT2D eigenvalue weighted by Crippen LogP contribution is -2.49. The number of aryl methyl sites for hydroxylation is 2. The molecule has 1 atom stereocenters. The number of carbonyl (C=O) groups is 1. The highest BCUT2D eigenvalue weighted by atomic mass is 16.5. The van der Waals surface area contributed by atoms with Crippen molar-refractivity contribution in [2.75, 3.05) is 31.6 Å². The van der Waals surface area contributed by atoms with E-state index in [0.29, 0.717) is 40.2 Å². The normalized spacial score (nSPS) is 16.5. The summed E-state index contributed by atoms with van der Waals surface area (Å²) in [6.45, 7) is 8.04. The van der Waals surface area contributed by atoms with E-state index in [0.717, 1.165) is 48.4 Å². The number of ether oxygens (including phenoxy) is 1. The summed E-state index contributed by atoms with van der Waals surface area (Å²) in [6.07, 6.45) is 2.37. The molecule has 0 aliphatic carbocycles. The highest BCUT2D eigenvalue weighted by molar-refractivity contribution is 6.45. The van der Waals surface area contributed by atoms with Crippen LogP contribution in [-0.4, -0.2) is 86.1 Å². The van der Waals surface area contributed by atoms with Crippen molar-refractivity contribution >= 4 is 29.7 Å². The van der Waals surface area contributed by atoms with E-state index in [2.05, 4.69) is 15.3 Å². The number of hydrogen-bond acceptors (Lipinski definition) is 8. The van der Waals surface area contributed by atoms with Crippen LogP contribution in [0.25, 0.3) is 22.4 Å². The van der Waals surface area contributed by atoms with Gasteiger partial charge in [-0.25, -0.2) is 4.98 Å². The summed E-state index contributed by atoms with van der Waals surface area (Å²) in [4.78, 5) is 41.0. The van der Waals surface area contributed by atoms with E-state index in [1.165, 1.54) is 0 Å². The smallest absolute Gasteiger partial charge is 0.376 e. The van der Waals surface area contributed by atoms with Gasteiger partial charge in [-0.2, -0.15) is 0 Å². The third-order valence-corrected chi connectivity index (χ3v) is 8.49. The molecular weight excluding hydrogens is 547 g/mol. The lowest BCUT2D eigenvalue weighted by atomic mass is 9.82. The van der Waals surface area contributed by atoms with Crippen LogP contribution in [0.1, 0.15) is 39.9 Å². The van der Waals surface area contributed by atoms with Gasteiger partial charge in [0.2, 0.25) is 0 Å². The summed E-state index contributed by atoms with van der Waals surface area (Å²) in [5.41, 5.74) is 5.55. The van der Waals surface area contributed by atoms with Gasteiger partial charge in [-0.15, -0.1) is 0 Å². The number of nitrogens with one attached hydrogen (secondary N) is 3. The van der Waals surface area contributed by atoms with Gasteiger partial charge >= 0.3 is 7.05 Å². The number of aliphatic hydroxyl groups is 1. The van der Waals surface area contributed by atoms with Gasteiger partial charge in [0.15, 0.2) is 0 Å². The summed E-state index contributed by atoms with van der Waals surface area (Å²) in [6, 6.07) is 11.5. The zero-order chi connectivity index (χ0) is 30.2. The first-order valence-electron chi connectivity index (χ1n) is 14.8. The van der Waals surface area contributed by atoms with Crippen molar-refractivity contribution in [3.05, 3.63) is 75.2 Å². The Morgan fingerprint density at radius 2 is 1.95 bits per heavy atom. The van der Waals surface area contributed by atoms with Crippen LogP contribution in [0.2, 0.25) is 6.82 Å². The maximum absolute atomic E-state index is 13.4. The monoisotopic (exact) mass is 584 g/mol. The van der Waals surface area contributed by atoms with Gasteiger partial charge < -0.3 is 39.9 Å². The zero-order valence-corrected chi connectivity index (χ0v) is 24.7. The molecule has 0 saturated carbocycles. The number of imidazole rings is 1. The Labute approximate surface area is 250 Å². The van der Waals surface area contributed by atoms with Crippen LogP contribution in [0.5, 0.6) is 5.75 Å². The SMILES string of the molecule is CB(O)N1CCC(N2Cc3cc4nc(-c5c(NC[C@@H](O)COc6ccc(C)cc6C)cc[nH]c5=O)[nH]c4cc3C2=O)CC1. The molecule has 0 unspecified atom stereocenters. The molecule has 0 radical (unpaired) electrons. The Hall–Kier alpha value is -4.13. The molecular formula is C31H37BN6O5. The van der Waals surface area contributed by atoms with E-state index in [9.17, 15) is 19.7 Å². The molecule has 43 heavy (non-hydrogen) atoms. The molecule has 12 heteroatoms. The van der Waals surface area contributed by atoms with Gasteiger partial charge in [-0.05, 0) is 82.0 Å². The number of H-pyrrole nitrogens is 2. The average Bonchev–Trinajstić information content (AvgIpc) is 3.54. The number of aromatic amines is 2. The summed E-state index contributed by atoms with van der Waals surface area (Å²) >= 11 is 0. The fraction of sp³-hybridized carbons (Fsp3) is 0.387. The molecule has 0 bridgehead atoms. The number of benzene rings is 2. The van der Waals surface area contributed by atoms with Gasteiger partial charge in [-0.1, -0.05) is 17.7 Å². The van der Waals surface area contributed by atoms with Gasteiger partial charge in [-0.3, -0.25) is 9.59 Å². The first-order valence-corrected chi connectivity index (χ1v) is 14.8. The predicted molar refractivity (Wildman–Crippen MR) is 166 cm³/mol. The molecule has 4 aromatic rings. The highest BCUT2D eigenvalue weighted by Crippen LogP contribution is 2.33. The van der Waals surface area contributed by atoms with Gasteiger partial charge in [0.05, 0.1) is 16.7 Å². The molecule has 6 rings (SSSR count). The first kappa shape index (κ1) is 29.0. The number of fused-ring (bicyclic) bond motifs is 2. The molecule has 2 aliphatic heterocycles. The topological polar surface area (TPSA) is 147 Å². The minimum Gasteiger partial charge on any atom is -0.491 e. The summed E-state index contributed by atoms with van der Waals surface area (Å²) in [7, 11) is -0.478. The minimum absolute atomic E-state index is 0.000462. The lowest BCUT2D eigenvalue weighted by molar-refractivity contribution is 0.0636. The lowest BCUT2D eigenvalue weighted by Gasteiger charge is -2.37. The number of amides is 1. The van der Waals surface area contributed by atoms with E-state index in [-0.39, 0.29) is 30.7 Å². The molecule has 1 saturated heterocycles. The van der Waals surface area contributed by atoms with Gasteiger partial charge in [0.25, 0.3) is 11.5 Å². The third-order valence-electron chi connectivity index (χ3n) is 8.49. The number of pyridine rings is 1. The van der Waals surface area contributed by atoms with Crippen LogP contribution in [0.15, 0.2) is 47.4 Å². The number of nitrogens with zero attached hydrogens (tertiary/aromatic N) is 3. The number of aliphatic hydroxyl groups excluding tert-OH is 1. The van der Waals surface area contributed by atoms with Crippen molar-refractivity contribution in [1.29, 1.82) is 0 Å². The Kier molecular flexibility index (Phi) is 8.00. The number of hydrogen-bond donors (Lipinski definition) is 5. The van der Waals surface area contributed by atoms with Crippen molar-refractivity contribution in [2.45, 2.75) is 52.2 Å². The molecule has 224 valence electrons. The summed E-state index contributed by atoms with van der Waals surface area (Å²) in [5.74, 6) is 1.10. The average molecular weight is 584 g/mol. The number of anilines is 1. The minimum atomic E-state index is -0.820. The van der Waals surface area contributed by atoms with Crippen molar-refractivity contribution < 1.29 is 19.7 Å². The number of piperidine rings is 1. The molecule has 4 heterocycles. The first-order chi connectivity index (χ1) is 20.7. The Morgan fingerprint density at radius 1 is 1.16 bits per heavy atom. The Morgan fingerprint density at radius 3 is 2.70 bits per heavy atom. The van der Waals surface area contributed by atoms with Gasteiger partial charge in [0, 0.05) is 30.9 Å². The second-order valence-electron chi connectivity index (χ2n) is 11.7. The number of rotatable bonds is 9. The second-order valence-corrected chi connectivity index (χ2v) is 11.7. The molecule has 2 aromatic carbocycles. The summed E-state index contributed by atoms with van der Waals surface area (Å²) in [5, 5.41) is 23.6. The number of aromatic nitrogens is 3. The Balaban J connectivity index is 1.16. The maximum atomic E-state index is 13.4. The van der Waals surface area contributed by atoms with E-state index in [4.69, 9.17) is 9.72 Å². The standard InChI is InChI=1S/C31H37BN6O5/c1-18-4-5-27(19(2)12-18)43-17-22(39)15-34-24-6-9-33-30(40)28(24)29-35-25-13-20-16-38(31(41)23(20)14-26(25)36-29)21-7-10-37(11-8-21)32(3)42/h4-6,9,12-14,21-22,39,42H,7-8,10-11,15-17H2,1-3H3,(H,35,36)(H2,33,34,40)/t22-/m1/s1. The van der Waals surface area contributed by atoms with Crippen molar-refractivity contribution in [3.8, 4) is 17.1 Å². The van der Waals surface area contributed by atoms with Crippen LogP contribution in [0.3, 0.4) is 0 Å². The summed E-state index contributed by atoms with van der Waals surface area (Å²) < 4.78 is 5.81. The number of carbonyl (C=O) groups excluding carboxylic acids is 1. The molecule has 2 aliphatic rings. The van der Waals surface area contributed by atoms with Crippen molar-refractivity contribution in [2.24, 2.45) is 0 Å². The third kappa shape index (κ3) is 5.90. The second kappa shape index (κ2) is 11.9. The van der Waals surface area contributed by atoms with Crippen LogP contribution in [-0.2, 0) is 6.54 Å². The van der Waals surface area contributed by atoms with Gasteiger partial charge in [0.1, 0.15) is 29.8 Å². The van der Waals surface area contributed by atoms with Crippen LogP contribution >= 0.6 is 0 Å².